The van der Waals surface area contributed by atoms with E-state index in [0.717, 1.165) is 0 Å². The Labute approximate surface area is 148 Å². The lowest BCUT2D eigenvalue weighted by molar-refractivity contribution is 0.0656. The third-order valence-corrected chi connectivity index (χ3v) is 4.83. The van der Waals surface area contributed by atoms with Crippen LogP contribution < -0.4 is 5.73 Å². The zero-order valence-electron chi connectivity index (χ0n) is 14.3. The summed E-state index contributed by atoms with van der Waals surface area (Å²) in [7, 11) is 0. The average Bonchev–Trinajstić information content (AvgIpc) is 2.68. The largest absolute Gasteiger partial charge is 0.329 e. The van der Waals surface area contributed by atoms with E-state index in [4.69, 9.17) is 5.73 Å². The number of piperidine rings is 1. The molecule has 0 aliphatic carbocycles. The maximum atomic E-state index is 12.9. The van der Waals surface area contributed by atoms with Gasteiger partial charge in [0.15, 0.2) is 11.6 Å². The van der Waals surface area contributed by atoms with Crippen LogP contribution in [0.15, 0.2) is 60.7 Å². The van der Waals surface area contributed by atoms with E-state index in [1.165, 1.54) is 0 Å². The highest BCUT2D eigenvalue weighted by atomic mass is 16.1. The Hall–Kier alpha value is -2.30. The van der Waals surface area contributed by atoms with Crippen molar-refractivity contribution >= 4 is 11.6 Å². The topological polar surface area (TPSA) is 63.4 Å². The summed E-state index contributed by atoms with van der Waals surface area (Å²) in [5.41, 5.74) is 7.14. The number of nitrogens with two attached hydrogens (primary N) is 1. The maximum Gasteiger partial charge on any atom is 0.167 e. The van der Waals surface area contributed by atoms with Gasteiger partial charge >= 0.3 is 0 Å². The van der Waals surface area contributed by atoms with Gasteiger partial charge in [-0.05, 0) is 6.42 Å². The van der Waals surface area contributed by atoms with E-state index in [0.29, 0.717) is 43.7 Å². The molecule has 2 atom stereocenters. The second kappa shape index (κ2) is 8.19. The van der Waals surface area contributed by atoms with Gasteiger partial charge < -0.3 is 10.6 Å². The molecule has 1 aliphatic heterocycles. The second-order valence-corrected chi connectivity index (χ2v) is 6.64. The number of carbonyl (C=O) groups is 2. The van der Waals surface area contributed by atoms with Crippen molar-refractivity contribution in [2.24, 2.45) is 17.6 Å². The fourth-order valence-electron chi connectivity index (χ4n) is 3.61. The smallest absolute Gasteiger partial charge is 0.167 e. The van der Waals surface area contributed by atoms with Crippen molar-refractivity contribution < 1.29 is 9.59 Å². The minimum atomic E-state index is -0.166. The van der Waals surface area contributed by atoms with Gasteiger partial charge in [-0.1, -0.05) is 60.7 Å². The molecule has 0 radical (unpaired) electrons. The lowest BCUT2D eigenvalue weighted by atomic mass is 9.81. The highest BCUT2D eigenvalue weighted by molar-refractivity contribution is 6.00. The van der Waals surface area contributed by atoms with E-state index >= 15 is 0 Å². The zero-order chi connectivity index (χ0) is 17.6. The van der Waals surface area contributed by atoms with Crippen LogP contribution in [0.5, 0.6) is 0 Å². The number of Topliss-reactive ketones (excluding diaryl/α,β-unsaturated/α-hetero) is 2. The lowest BCUT2D eigenvalue weighted by Gasteiger charge is -2.36. The lowest BCUT2D eigenvalue weighted by Crippen LogP contribution is -2.47. The number of benzene rings is 2. The molecule has 1 aliphatic rings. The van der Waals surface area contributed by atoms with Crippen molar-refractivity contribution in [2.45, 2.75) is 6.42 Å². The molecule has 2 aromatic carbocycles. The molecule has 1 heterocycles. The van der Waals surface area contributed by atoms with Crippen molar-refractivity contribution in [3.05, 3.63) is 71.8 Å². The van der Waals surface area contributed by atoms with Gasteiger partial charge in [-0.2, -0.15) is 0 Å². The Kier molecular flexibility index (Phi) is 5.74. The van der Waals surface area contributed by atoms with Crippen LogP contribution in [-0.2, 0) is 0 Å². The molecule has 0 spiro atoms. The molecule has 3 rings (SSSR count). The SMILES string of the molecule is NCCN1C[C@H](C(=O)c2ccccc2)C[C@H](C(=O)c2ccccc2)C1. The number of rotatable bonds is 6. The number of hydrogen-bond acceptors (Lipinski definition) is 4. The minimum Gasteiger partial charge on any atom is -0.329 e. The van der Waals surface area contributed by atoms with Crippen molar-refractivity contribution in [1.82, 2.24) is 4.90 Å². The van der Waals surface area contributed by atoms with Crippen LogP contribution in [0.1, 0.15) is 27.1 Å². The Morgan fingerprint density at radius 3 is 1.68 bits per heavy atom. The van der Waals surface area contributed by atoms with Crippen LogP contribution in [0, 0.1) is 11.8 Å². The normalized spacial score (nSPS) is 21.0. The van der Waals surface area contributed by atoms with E-state index in [1.807, 2.05) is 60.7 Å². The summed E-state index contributed by atoms with van der Waals surface area (Å²) < 4.78 is 0. The Morgan fingerprint density at radius 1 is 0.840 bits per heavy atom. The fraction of sp³-hybridized carbons (Fsp3) is 0.333. The second-order valence-electron chi connectivity index (χ2n) is 6.64. The molecule has 130 valence electrons. The van der Waals surface area contributed by atoms with Crippen molar-refractivity contribution in [3.63, 3.8) is 0 Å². The highest BCUT2D eigenvalue weighted by Crippen LogP contribution is 2.27. The van der Waals surface area contributed by atoms with Crippen molar-refractivity contribution in [2.75, 3.05) is 26.2 Å². The summed E-state index contributed by atoms with van der Waals surface area (Å²) in [5.74, 6) is -0.0953. The summed E-state index contributed by atoms with van der Waals surface area (Å²) in [6.07, 6.45) is 0.600. The fourth-order valence-corrected chi connectivity index (χ4v) is 3.61. The number of ketones is 2. The van der Waals surface area contributed by atoms with Crippen LogP contribution in [0.3, 0.4) is 0 Å². The number of likely N-dealkylation sites (tertiary alicyclic amines) is 1. The first-order valence-corrected chi connectivity index (χ1v) is 8.80. The molecule has 4 heteroatoms. The summed E-state index contributed by atoms with van der Waals surface area (Å²) in [6, 6.07) is 18.7. The van der Waals surface area contributed by atoms with E-state index in [9.17, 15) is 9.59 Å². The first-order chi connectivity index (χ1) is 12.2. The standard InChI is InChI=1S/C21H24N2O2/c22-11-12-23-14-18(20(24)16-7-3-1-4-8-16)13-19(15-23)21(25)17-9-5-2-6-10-17/h1-10,18-19H,11-15,22H2/t18-,19+. The third kappa shape index (κ3) is 4.21. The Bertz CT molecular complexity index is 656. The predicted molar refractivity (Wildman–Crippen MR) is 98.6 cm³/mol. The monoisotopic (exact) mass is 336 g/mol. The number of carbonyl (C=O) groups excluding carboxylic acids is 2. The first-order valence-electron chi connectivity index (χ1n) is 8.80. The summed E-state index contributed by atoms with van der Waals surface area (Å²) in [5, 5.41) is 0. The highest BCUT2D eigenvalue weighted by Gasteiger charge is 2.35. The molecular formula is C21H24N2O2. The van der Waals surface area contributed by atoms with Gasteiger partial charge in [-0.3, -0.25) is 9.59 Å². The third-order valence-electron chi connectivity index (χ3n) is 4.83. The van der Waals surface area contributed by atoms with Gasteiger partial charge in [0.25, 0.3) is 0 Å². The Morgan fingerprint density at radius 2 is 1.28 bits per heavy atom. The molecular weight excluding hydrogens is 312 g/mol. The predicted octanol–water partition coefficient (Wildman–Crippen LogP) is 2.65. The van der Waals surface area contributed by atoms with Crippen LogP contribution in [0.2, 0.25) is 0 Å². The van der Waals surface area contributed by atoms with Gasteiger partial charge in [-0.15, -0.1) is 0 Å². The number of nitrogens with zero attached hydrogens (tertiary/aromatic N) is 1. The summed E-state index contributed by atoms with van der Waals surface area (Å²) in [6.45, 7) is 2.57. The molecule has 0 saturated carbocycles. The molecule has 25 heavy (non-hydrogen) atoms. The number of hydrogen-bond donors (Lipinski definition) is 1. The molecule has 4 nitrogen and oxygen atoms in total. The van der Waals surface area contributed by atoms with E-state index in [2.05, 4.69) is 4.90 Å². The molecule has 2 aromatic rings. The molecule has 0 amide bonds. The molecule has 0 bridgehead atoms. The van der Waals surface area contributed by atoms with Crippen LogP contribution in [-0.4, -0.2) is 42.6 Å². The van der Waals surface area contributed by atoms with Gasteiger partial charge in [0.05, 0.1) is 0 Å². The van der Waals surface area contributed by atoms with Gasteiger partial charge in [0.1, 0.15) is 0 Å². The molecule has 0 aromatic heterocycles. The van der Waals surface area contributed by atoms with Crippen molar-refractivity contribution in [1.29, 1.82) is 0 Å². The quantitative estimate of drug-likeness (QED) is 0.824. The van der Waals surface area contributed by atoms with Crippen LogP contribution in [0.25, 0.3) is 0 Å². The molecule has 0 unspecified atom stereocenters. The first kappa shape index (κ1) is 17.5. The zero-order valence-corrected chi connectivity index (χ0v) is 14.3. The van der Waals surface area contributed by atoms with Crippen LogP contribution >= 0.6 is 0 Å². The molecule has 1 saturated heterocycles. The minimum absolute atomic E-state index is 0.119. The maximum absolute atomic E-state index is 12.9. The molecule has 2 N–H and O–H groups in total. The Balaban J connectivity index is 1.80. The van der Waals surface area contributed by atoms with Crippen molar-refractivity contribution in [3.8, 4) is 0 Å². The van der Waals surface area contributed by atoms with Crippen LogP contribution in [0.4, 0.5) is 0 Å². The summed E-state index contributed by atoms with van der Waals surface area (Å²) in [4.78, 5) is 27.9. The van der Waals surface area contributed by atoms with Gasteiger partial charge in [0.2, 0.25) is 0 Å². The van der Waals surface area contributed by atoms with E-state index < -0.39 is 0 Å². The van der Waals surface area contributed by atoms with Gasteiger partial charge in [-0.25, -0.2) is 0 Å². The van der Waals surface area contributed by atoms with E-state index in [1.54, 1.807) is 0 Å². The van der Waals surface area contributed by atoms with E-state index in [-0.39, 0.29) is 23.4 Å². The molecule has 1 fully saturated rings. The average molecular weight is 336 g/mol. The van der Waals surface area contributed by atoms with Gasteiger partial charge in [0, 0.05) is 49.1 Å². The summed E-state index contributed by atoms with van der Waals surface area (Å²) >= 11 is 0.